The highest BCUT2D eigenvalue weighted by Gasteiger charge is 2.33. The van der Waals surface area contributed by atoms with Crippen molar-refractivity contribution >= 4 is 17.6 Å². The van der Waals surface area contributed by atoms with E-state index in [4.69, 9.17) is 36.3 Å². The lowest BCUT2D eigenvalue weighted by Gasteiger charge is -2.28. The van der Waals surface area contributed by atoms with Crippen LogP contribution < -0.4 is 24.7 Å². The highest BCUT2D eigenvalue weighted by atomic mass is 35.5. The quantitative estimate of drug-likeness (QED) is 0.185. The number of carbonyl (C=O) groups is 1. The van der Waals surface area contributed by atoms with Crippen molar-refractivity contribution in [1.29, 1.82) is 5.26 Å². The number of nitrogens with zero attached hydrogens (tertiary/aromatic N) is 1. The van der Waals surface area contributed by atoms with Crippen molar-refractivity contribution in [2.45, 2.75) is 64.4 Å². The van der Waals surface area contributed by atoms with E-state index < -0.39 is 5.92 Å². The Hall–Kier alpha value is -4.15. The predicted octanol–water partition coefficient (Wildman–Crippen LogP) is 8.05. The molecular formula is C35H37ClN2O5. The summed E-state index contributed by atoms with van der Waals surface area (Å²) >= 11 is 6.28. The summed E-state index contributed by atoms with van der Waals surface area (Å²) in [6, 6.07) is 20.4. The lowest BCUT2D eigenvalue weighted by molar-refractivity contribution is -0.140. The topological polar surface area (TPSA) is 104 Å². The highest BCUT2D eigenvalue weighted by Crippen LogP contribution is 2.45. The summed E-state index contributed by atoms with van der Waals surface area (Å²) in [6.45, 7) is 2.48. The molecule has 1 aliphatic carbocycles. The number of rotatable bonds is 10. The smallest absolute Gasteiger partial charge is 0.314 e. The third-order valence-corrected chi connectivity index (χ3v) is 8.79. The molecule has 43 heavy (non-hydrogen) atoms. The van der Waals surface area contributed by atoms with Crippen molar-refractivity contribution in [2.75, 3.05) is 7.11 Å². The summed E-state index contributed by atoms with van der Waals surface area (Å²) in [5.41, 5.74) is 8.87. The number of fused-ring (bicyclic) bond motifs is 1. The van der Waals surface area contributed by atoms with Crippen LogP contribution in [0.5, 0.6) is 23.0 Å². The molecule has 2 aliphatic rings. The zero-order valence-electron chi connectivity index (χ0n) is 24.6. The van der Waals surface area contributed by atoms with Crippen LogP contribution in [-0.4, -0.2) is 13.1 Å². The van der Waals surface area contributed by atoms with Gasteiger partial charge in [-0.25, -0.2) is 0 Å². The molecule has 1 unspecified atom stereocenters. The molecule has 0 saturated heterocycles. The second-order valence-corrected chi connectivity index (χ2v) is 11.6. The van der Waals surface area contributed by atoms with Gasteiger partial charge in [0.1, 0.15) is 29.7 Å². The molecule has 1 aliphatic heterocycles. The van der Waals surface area contributed by atoms with Crippen molar-refractivity contribution in [3.8, 4) is 29.1 Å². The van der Waals surface area contributed by atoms with Gasteiger partial charge in [-0.05, 0) is 61.4 Å². The van der Waals surface area contributed by atoms with E-state index in [2.05, 4.69) is 13.0 Å². The van der Waals surface area contributed by atoms with Gasteiger partial charge in [0, 0.05) is 22.2 Å². The van der Waals surface area contributed by atoms with Crippen LogP contribution in [0.4, 0.5) is 0 Å². The Kier molecular flexibility index (Phi) is 9.79. The molecule has 5 rings (SSSR count). The number of esters is 1. The molecule has 1 saturated carbocycles. The van der Waals surface area contributed by atoms with Gasteiger partial charge in [-0.1, -0.05) is 68.1 Å². The number of nitrogens with two attached hydrogens (primary N) is 1. The summed E-state index contributed by atoms with van der Waals surface area (Å²) < 4.78 is 23.3. The molecule has 0 bridgehead atoms. The lowest BCUT2D eigenvalue weighted by atomic mass is 9.80. The van der Waals surface area contributed by atoms with Crippen molar-refractivity contribution in [3.63, 3.8) is 0 Å². The Morgan fingerprint density at radius 3 is 2.58 bits per heavy atom. The predicted molar refractivity (Wildman–Crippen MR) is 165 cm³/mol. The maximum atomic E-state index is 13.0. The first-order valence-electron chi connectivity index (χ1n) is 14.9. The zero-order chi connectivity index (χ0) is 30.3. The fourth-order valence-corrected chi connectivity index (χ4v) is 6.17. The molecule has 0 radical (unpaired) electrons. The molecule has 2 N–H and O–H groups in total. The SMILES string of the molecule is CCCCC1CCC(C(=O)Oc2ccc3c(c2)OC(N)=C(C#N)C3c2ccc(OCc3ccccc3Cl)c(OC)c2)CC1. The highest BCUT2D eigenvalue weighted by molar-refractivity contribution is 6.31. The minimum absolute atomic E-state index is 0.00638. The second kappa shape index (κ2) is 13.9. The van der Waals surface area contributed by atoms with E-state index >= 15 is 0 Å². The lowest BCUT2D eigenvalue weighted by Crippen LogP contribution is -2.26. The van der Waals surface area contributed by atoms with E-state index in [9.17, 15) is 10.1 Å². The van der Waals surface area contributed by atoms with Gasteiger partial charge in [0.15, 0.2) is 11.5 Å². The average Bonchev–Trinajstić information content (AvgIpc) is 3.02. The normalized spacial score (nSPS) is 19.5. The van der Waals surface area contributed by atoms with Crippen molar-refractivity contribution in [1.82, 2.24) is 0 Å². The number of hydrogen-bond acceptors (Lipinski definition) is 7. The molecule has 1 heterocycles. The fraction of sp³-hybridized carbons (Fsp3) is 0.371. The van der Waals surface area contributed by atoms with Crippen molar-refractivity contribution < 1.29 is 23.7 Å². The third kappa shape index (κ3) is 6.92. The van der Waals surface area contributed by atoms with E-state index in [0.29, 0.717) is 33.9 Å². The summed E-state index contributed by atoms with van der Waals surface area (Å²) in [6.07, 6.45) is 7.55. The number of methoxy groups -OCH3 is 1. The molecule has 224 valence electrons. The summed E-state index contributed by atoms with van der Waals surface area (Å²) in [7, 11) is 1.56. The molecule has 1 fully saturated rings. The van der Waals surface area contributed by atoms with Gasteiger partial charge in [0.05, 0.1) is 18.9 Å². The maximum absolute atomic E-state index is 13.0. The molecule has 0 spiro atoms. The van der Waals surface area contributed by atoms with Gasteiger partial charge in [-0.3, -0.25) is 4.79 Å². The Labute approximate surface area is 258 Å². The molecule has 1 atom stereocenters. The van der Waals surface area contributed by atoms with Crippen LogP contribution in [0.15, 0.2) is 72.1 Å². The number of hydrogen-bond donors (Lipinski definition) is 1. The minimum Gasteiger partial charge on any atom is -0.493 e. The van der Waals surface area contributed by atoms with E-state index in [0.717, 1.165) is 42.4 Å². The number of allylic oxidation sites excluding steroid dienone is 1. The Bertz CT molecular complexity index is 1540. The van der Waals surface area contributed by atoms with Crippen LogP contribution >= 0.6 is 11.6 Å². The number of unbranched alkanes of at least 4 members (excludes halogenated alkanes) is 1. The molecule has 3 aromatic carbocycles. The van der Waals surface area contributed by atoms with Crippen LogP contribution in [0.25, 0.3) is 0 Å². The molecule has 7 nitrogen and oxygen atoms in total. The van der Waals surface area contributed by atoms with Crippen LogP contribution in [0.3, 0.4) is 0 Å². The van der Waals surface area contributed by atoms with E-state index in [1.165, 1.54) is 19.3 Å². The first-order chi connectivity index (χ1) is 20.9. The van der Waals surface area contributed by atoms with E-state index in [1.807, 2.05) is 42.5 Å². The monoisotopic (exact) mass is 600 g/mol. The number of benzene rings is 3. The Morgan fingerprint density at radius 1 is 1.07 bits per heavy atom. The first kappa shape index (κ1) is 30.3. The first-order valence-corrected chi connectivity index (χ1v) is 15.3. The molecule has 0 amide bonds. The standard InChI is InChI=1S/C35H37ClN2O5/c1-3-4-7-22-10-12-23(13-11-22)35(39)42-26-15-16-27-31(19-26)43-34(38)28(20-37)33(27)24-14-17-30(32(18-24)40-2)41-21-25-8-5-6-9-29(25)36/h5-6,8-9,14-19,22-23,33H,3-4,7,10-13,21,38H2,1-2H3. The largest absolute Gasteiger partial charge is 0.493 e. The molecule has 8 heteroatoms. The Balaban J connectivity index is 1.34. The minimum atomic E-state index is -0.511. The van der Waals surface area contributed by atoms with Gasteiger partial charge in [-0.2, -0.15) is 5.26 Å². The number of ether oxygens (including phenoxy) is 4. The van der Waals surface area contributed by atoms with Crippen LogP contribution in [0.1, 0.15) is 74.5 Å². The molecule has 0 aromatic heterocycles. The van der Waals surface area contributed by atoms with Gasteiger partial charge in [0.25, 0.3) is 0 Å². The Morgan fingerprint density at radius 2 is 1.86 bits per heavy atom. The van der Waals surface area contributed by atoms with Crippen LogP contribution in [0.2, 0.25) is 5.02 Å². The van der Waals surface area contributed by atoms with Gasteiger partial charge < -0.3 is 24.7 Å². The van der Waals surface area contributed by atoms with Crippen LogP contribution in [-0.2, 0) is 11.4 Å². The summed E-state index contributed by atoms with van der Waals surface area (Å²) in [4.78, 5) is 13.0. The third-order valence-electron chi connectivity index (χ3n) is 8.42. The van der Waals surface area contributed by atoms with Gasteiger partial charge >= 0.3 is 5.97 Å². The summed E-state index contributed by atoms with van der Waals surface area (Å²) in [5, 5.41) is 10.6. The van der Waals surface area contributed by atoms with Crippen molar-refractivity contribution in [3.05, 3.63) is 93.8 Å². The van der Waals surface area contributed by atoms with Crippen LogP contribution in [0, 0.1) is 23.2 Å². The molecule has 3 aromatic rings. The number of carbonyl (C=O) groups excluding carboxylic acids is 1. The van der Waals surface area contributed by atoms with Gasteiger partial charge in [0.2, 0.25) is 5.88 Å². The second-order valence-electron chi connectivity index (χ2n) is 11.2. The van der Waals surface area contributed by atoms with Gasteiger partial charge in [-0.15, -0.1) is 0 Å². The zero-order valence-corrected chi connectivity index (χ0v) is 25.4. The van der Waals surface area contributed by atoms with E-state index in [1.54, 1.807) is 25.3 Å². The van der Waals surface area contributed by atoms with E-state index in [-0.39, 0.29) is 30.0 Å². The fourth-order valence-electron chi connectivity index (χ4n) is 5.98. The average molecular weight is 601 g/mol. The van der Waals surface area contributed by atoms with Crippen molar-refractivity contribution in [2.24, 2.45) is 17.6 Å². The number of halogens is 1. The number of nitriles is 1. The summed E-state index contributed by atoms with van der Waals surface area (Å²) in [5.74, 6) is 1.78. The molecular weight excluding hydrogens is 564 g/mol. The maximum Gasteiger partial charge on any atom is 0.314 e.